The van der Waals surface area contributed by atoms with Crippen molar-refractivity contribution >= 4 is 33.2 Å². The van der Waals surface area contributed by atoms with Gasteiger partial charge >= 0.3 is 0 Å². The van der Waals surface area contributed by atoms with E-state index in [2.05, 4.69) is 23.4 Å². The number of para-hydroxylation sites is 2. The summed E-state index contributed by atoms with van der Waals surface area (Å²) in [5, 5.41) is 9.01. The Morgan fingerprint density at radius 3 is 2.52 bits per heavy atom. The molecule has 6 heteroatoms. The number of aryl methyl sites for hydroxylation is 1. The second-order valence-corrected chi connectivity index (χ2v) is 7.17. The first-order valence-electron chi connectivity index (χ1n) is 9.73. The van der Waals surface area contributed by atoms with Gasteiger partial charge in [0.15, 0.2) is 17.2 Å². The van der Waals surface area contributed by atoms with E-state index in [-0.39, 0.29) is 5.55 Å². The van der Waals surface area contributed by atoms with Crippen LogP contribution in [-0.2, 0) is 6.54 Å². The highest BCUT2D eigenvalue weighted by atomic mass is 16.3. The molecule has 0 saturated heterocycles. The standard InChI is InChI=1S/C21H25N5O/c1-4-6-9-14(5-2)12-26-20-17(19(22)27-13(3)23-20)18-21(26)25-16-11-8-7-10-15(16)24-18/h7-8,10-11,14,22H,4-6,9,12H2,1-3H3/t14-/m1/s1. The molecule has 0 bridgehead atoms. The number of fused-ring (bicyclic) bond motifs is 4. The van der Waals surface area contributed by atoms with Gasteiger partial charge in [-0.1, -0.05) is 45.2 Å². The molecule has 0 spiro atoms. The highest BCUT2D eigenvalue weighted by molar-refractivity contribution is 6.04. The van der Waals surface area contributed by atoms with Gasteiger partial charge in [-0.25, -0.2) is 9.97 Å². The SMILES string of the molecule is CCCC[C@@H](CC)Cn1c2nc3ccccc3nc2c2c(=N)oc(C)nc21. The molecule has 0 unspecified atom stereocenters. The minimum Gasteiger partial charge on any atom is -0.425 e. The van der Waals surface area contributed by atoms with E-state index < -0.39 is 0 Å². The lowest BCUT2D eigenvalue weighted by molar-refractivity contribution is 0.397. The fourth-order valence-electron chi connectivity index (χ4n) is 3.73. The van der Waals surface area contributed by atoms with Crippen molar-refractivity contribution in [2.24, 2.45) is 5.92 Å². The summed E-state index contributed by atoms with van der Waals surface area (Å²) in [6.45, 7) is 7.08. The molecular formula is C21H25N5O. The maximum absolute atomic E-state index is 8.36. The first-order chi connectivity index (χ1) is 13.1. The van der Waals surface area contributed by atoms with Crippen LogP contribution in [0.3, 0.4) is 0 Å². The van der Waals surface area contributed by atoms with Crippen molar-refractivity contribution in [2.75, 3.05) is 0 Å². The number of rotatable bonds is 6. The first-order valence-corrected chi connectivity index (χ1v) is 9.73. The Morgan fingerprint density at radius 1 is 1.07 bits per heavy atom. The Morgan fingerprint density at radius 2 is 1.81 bits per heavy atom. The Labute approximate surface area is 157 Å². The van der Waals surface area contributed by atoms with Crippen LogP contribution in [0.2, 0.25) is 0 Å². The van der Waals surface area contributed by atoms with Gasteiger partial charge in [0, 0.05) is 13.5 Å². The lowest BCUT2D eigenvalue weighted by Gasteiger charge is -2.16. The summed E-state index contributed by atoms with van der Waals surface area (Å²) in [6.07, 6.45) is 4.70. The number of unbranched alkanes of at least 4 members (excludes halogenated alkanes) is 1. The van der Waals surface area contributed by atoms with Crippen molar-refractivity contribution in [1.29, 1.82) is 5.41 Å². The van der Waals surface area contributed by atoms with Crippen molar-refractivity contribution in [3.8, 4) is 0 Å². The summed E-state index contributed by atoms with van der Waals surface area (Å²) in [5.74, 6) is 1.04. The van der Waals surface area contributed by atoms with E-state index in [0.29, 0.717) is 22.7 Å². The largest absolute Gasteiger partial charge is 0.425 e. The van der Waals surface area contributed by atoms with Crippen LogP contribution in [-0.4, -0.2) is 19.5 Å². The number of hydrogen-bond donors (Lipinski definition) is 1. The van der Waals surface area contributed by atoms with E-state index in [4.69, 9.17) is 19.8 Å². The van der Waals surface area contributed by atoms with Gasteiger partial charge in [-0.05, 0) is 24.5 Å². The monoisotopic (exact) mass is 363 g/mol. The molecule has 0 aliphatic carbocycles. The van der Waals surface area contributed by atoms with Crippen molar-refractivity contribution in [3.05, 3.63) is 35.7 Å². The van der Waals surface area contributed by atoms with E-state index in [1.807, 2.05) is 24.3 Å². The van der Waals surface area contributed by atoms with E-state index in [1.54, 1.807) is 6.92 Å². The molecule has 4 aromatic rings. The fourth-order valence-corrected chi connectivity index (χ4v) is 3.73. The Bertz CT molecular complexity index is 1170. The van der Waals surface area contributed by atoms with E-state index in [0.717, 1.165) is 35.3 Å². The summed E-state index contributed by atoms with van der Waals surface area (Å²) in [4.78, 5) is 14.3. The lowest BCUT2D eigenvalue weighted by Crippen LogP contribution is -2.12. The van der Waals surface area contributed by atoms with Gasteiger partial charge in [0.05, 0.1) is 11.0 Å². The summed E-state index contributed by atoms with van der Waals surface area (Å²) in [7, 11) is 0. The average Bonchev–Trinajstić information content (AvgIpc) is 2.95. The van der Waals surface area contributed by atoms with Gasteiger partial charge < -0.3 is 8.98 Å². The number of nitrogens with one attached hydrogen (secondary N) is 1. The molecule has 140 valence electrons. The molecule has 1 atom stereocenters. The molecule has 0 saturated carbocycles. The van der Waals surface area contributed by atoms with Crippen LogP contribution < -0.4 is 5.55 Å². The molecule has 1 aromatic carbocycles. The van der Waals surface area contributed by atoms with Gasteiger partial charge in [0.2, 0.25) is 5.55 Å². The molecule has 27 heavy (non-hydrogen) atoms. The molecular weight excluding hydrogens is 338 g/mol. The third-order valence-electron chi connectivity index (χ3n) is 5.25. The van der Waals surface area contributed by atoms with Gasteiger partial charge in [-0.3, -0.25) is 5.41 Å². The highest BCUT2D eigenvalue weighted by Crippen LogP contribution is 2.27. The van der Waals surface area contributed by atoms with Crippen molar-refractivity contribution in [3.63, 3.8) is 0 Å². The number of hydrogen-bond acceptors (Lipinski definition) is 5. The molecule has 0 radical (unpaired) electrons. The van der Waals surface area contributed by atoms with Crippen LogP contribution >= 0.6 is 0 Å². The lowest BCUT2D eigenvalue weighted by atomic mass is 9.99. The van der Waals surface area contributed by atoms with Gasteiger partial charge in [0.25, 0.3) is 0 Å². The van der Waals surface area contributed by atoms with Crippen LogP contribution in [0.25, 0.3) is 33.2 Å². The number of nitrogens with zero attached hydrogens (tertiary/aromatic N) is 4. The zero-order valence-electron chi connectivity index (χ0n) is 16.1. The zero-order chi connectivity index (χ0) is 19.0. The third-order valence-corrected chi connectivity index (χ3v) is 5.25. The molecule has 1 N–H and O–H groups in total. The third kappa shape index (κ3) is 3.09. The van der Waals surface area contributed by atoms with Crippen LogP contribution in [0.4, 0.5) is 0 Å². The van der Waals surface area contributed by atoms with Gasteiger partial charge in [-0.2, -0.15) is 4.98 Å². The molecule has 0 fully saturated rings. The fraction of sp³-hybridized carbons (Fsp3) is 0.429. The smallest absolute Gasteiger partial charge is 0.227 e. The number of benzene rings is 1. The molecule has 3 heterocycles. The Balaban J connectivity index is 2.01. The van der Waals surface area contributed by atoms with Crippen molar-refractivity contribution < 1.29 is 4.42 Å². The van der Waals surface area contributed by atoms with E-state index >= 15 is 0 Å². The molecule has 0 aliphatic heterocycles. The van der Waals surface area contributed by atoms with Crippen molar-refractivity contribution in [1.82, 2.24) is 19.5 Å². The second-order valence-electron chi connectivity index (χ2n) is 7.17. The molecule has 0 amide bonds. The summed E-state index contributed by atoms with van der Waals surface area (Å²) >= 11 is 0. The first kappa shape index (κ1) is 17.6. The van der Waals surface area contributed by atoms with E-state index in [9.17, 15) is 0 Å². The van der Waals surface area contributed by atoms with Crippen LogP contribution in [0.5, 0.6) is 0 Å². The molecule has 6 nitrogen and oxygen atoms in total. The van der Waals surface area contributed by atoms with Crippen LogP contribution in [0.1, 0.15) is 45.4 Å². The van der Waals surface area contributed by atoms with E-state index in [1.165, 1.54) is 19.3 Å². The Hall–Kier alpha value is -2.76. The summed E-state index contributed by atoms with van der Waals surface area (Å²) < 4.78 is 7.64. The van der Waals surface area contributed by atoms with Crippen LogP contribution in [0.15, 0.2) is 28.7 Å². The average molecular weight is 363 g/mol. The summed E-state index contributed by atoms with van der Waals surface area (Å²) in [6, 6.07) is 7.85. The summed E-state index contributed by atoms with van der Waals surface area (Å²) in [5.41, 5.74) is 4.03. The molecule has 0 aliphatic rings. The zero-order valence-corrected chi connectivity index (χ0v) is 16.1. The Kier molecular flexibility index (Phi) is 4.64. The van der Waals surface area contributed by atoms with Gasteiger partial charge in [0.1, 0.15) is 10.9 Å². The maximum atomic E-state index is 8.36. The predicted octanol–water partition coefficient (Wildman–Crippen LogP) is 4.73. The normalized spacial score (nSPS) is 13.0. The minimum atomic E-state index is 0.104. The van der Waals surface area contributed by atoms with Crippen molar-refractivity contribution in [2.45, 2.75) is 53.0 Å². The molecule has 3 aromatic heterocycles. The van der Waals surface area contributed by atoms with Gasteiger partial charge in [-0.15, -0.1) is 0 Å². The topological polar surface area (TPSA) is 80.6 Å². The quantitative estimate of drug-likeness (QED) is 0.537. The minimum absolute atomic E-state index is 0.104. The predicted molar refractivity (Wildman–Crippen MR) is 106 cm³/mol. The maximum Gasteiger partial charge on any atom is 0.227 e. The highest BCUT2D eigenvalue weighted by Gasteiger charge is 2.20. The molecule has 4 rings (SSSR count). The second kappa shape index (κ2) is 7.10. The van der Waals surface area contributed by atoms with Crippen LogP contribution in [0, 0.1) is 18.3 Å². The number of aromatic nitrogens is 4.